The molecule has 0 spiro atoms. The average molecular weight is 333 g/mol. The van der Waals surface area contributed by atoms with Gasteiger partial charge in [-0.3, -0.25) is 0 Å². The first-order valence-corrected chi connectivity index (χ1v) is 8.23. The van der Waals surface area contributed by atoms with Gasteiger partial charge in [0.25, 0.3) is 0 Å². The molecule has 0 aliphatic heterocycles. The van der Waals surface area contributed by atoms with Gasteiger partial charge in [0.2, 0.25) is 10.0 Å². The van der Waals surface area contributed by atoms with Gasteiger partial charge in [0, 0.05) is 17.1 Å². The van der Waals surface area contributed by atoms with Crippen molar-refractivity contribution in [1.29, 1.82) is 0 Å². The van der Waals surface area contributed by atoms with Crippen molar-refractivity contribution in [3.05, 3.63) is 27.7 Å². The van der Waals surface area contributed by atoms with Crippen molar-refractivity contribution in [1.82, 2.24) is 4.72 Å². The summed E-state index contributed by atoms with van der Waals surface area (Å²) in [6.07, 6.45) is 2.95. The van der Waals surface area contributed by atoms with Gasteiger partial charge in [0.05, 0.1) is 4.90 Å². The first-order chi connectivity index (χ1) is 8.44. The Balaban J connectivity index is 2.39. The standard InChI is InChI=1S/C12H17BrN2O2S/c1-8-11(13)5-9(7-14)6-12(8)18(16,17)15-10-3-2-4-10/h5-6,10,15H,2-4,7,14H2,1H3. The molecule has 0 radical (unpaired) electrons. The first-order valence-electron chi connectivity index (χ1n) is 5.95. The van der Waals surface area contributed by atoms with E-state index < -0.39 is 10.0 Å². The van der Waals surface area contributed by atoms with Gasteiger partial charge in [-0.05, 0) is 43.0 Å². The zero-order valence-corrected chi connectivity index (χ0v) is 12.6. The molecule has 1 saturated carbocycles. The molecule has 0 saturated heterocycles. The van der Waals surface area contributed by atoms with Crippen LogP contribution >= 0.6 is 15.9 Å². The SMILES string of the molecule is Cc1c(Br)cc(CN)cc1S(=O)(=O)NC1CCC1. The highest BCUT2D eigenvalue weighted by Crippen LogP contribution is 2.27. The van der Waals surface area contributed by atoms with Gasteiger partial charge in [-0.1, -0.05) is 22.4 Å². The lowest BCUT2D eigenvalue weighted by molar-refractivity contribution is 0.383. The molecular weight excluding hydrogens is 316 g/mol. The smallest absolute Gasteiger partial charge is 0.241 e. The van der Waals surface area contributed by atoms with Crippen LogP contribution in [0.5, 0.6) is 0 Å². The van der Waals surface area contributed by atoms with Crippen LogP contribution in [0.25, 0.3) is 0 Å². The fourth-order valence-electron chi connectivity index (χ4n) is 1.91. The summed E-state index contributed by atoms with van der Waals surface area (Å²) in [5, 5.41) is 0. The van der Waals surface area contributed by atoms with Gasteiger partial charge in [0.1, 0.15) is 0 Å². The normalized spacial score (nSPS) is 16.6. The lowest BCUT2D eigenvalue weighted by atomic mass is 9.94. The number of nitrogens with one attached hydrogen (secondary N) is 1. The largest absolute Gasteiger partial charge is 0.326 e. The summed E-state index contributed by atoms with van der Waals surface area (Å²) in [6, 6.07) is 3.61. The molecule has 100 valence electrons. The van der Waals surface area contributed by atoms with Gasteiger partial charge in [-0.25, -0.2) is 13.1 Å². The van der Waals surface area contributed by atoms with Gasteiger partial charge < -0.3 is 5.73 Å². The van der Waals surface area contributed by atoms with E-state index in [0.29, 0.717) is 11.4 Å². The maximum absolute atomic E-state index is 12.3. The van der Waals surface area contributed by atoms with E-state index in [1.54, 1.807) is 13.0 Å². The summed E-state index contributed by atoms with van der Waals surface area (Å²) < 4.78 is 28.1. The van der Waals surface area contributed by atoms with Crippen LogP contribution in [0.1, 0.15) is 30.4 Å². The lowest BCUT2D eigenvalue weighted by Crippen LogP contribution is -2.39. The Bertz CT molecular complexity index is 553. The highest BCUT2D eigenvalue weighted by Gasteiger charge is 2.26. The number of halogens is 1. The third-order valence-electron chi connectivity index (χ3n) is 3.31. The summed E-state index contributed by atoms with van der Waals surface area (Å²) in [6.45, 7) is 2.12. The Morgan fingerprint density at radius 1 is 1.44 bits per heavy atom. The molecule has 4 nitrogen and oxygen atoms in total. The van der Waals surface area contributed by atoms with E-state index in [4.69, 9.17) is 5.73 Å². The van der Waals surface area contributed by atoms with E-state index in [-0.39, 0.29) is 6.04 Å². The molecule has 0 aromatic heterocycles. The summed E-state index contributed by atoms with van der Waals surface area (Å²) in [5.74, 6) is 0. The Morgan fingerprint density at radius 2 is 2.11 bits per heavy atom. The van der Waals surface area contributed by atoms with Crippen molar-refractivity contribution in [2.75, 3.05) is 0 Å². The molecule has 0 amide bonds. The quantitative estimate of drug-likeness (QED) is 0.886. The lowest BCUT2D eigenvalue weighted by Gasteiger charge is -2.26. The van der Waals surface area contributed by atoms with E-state index in [1.807, 2.05) is 6.07 Å². The van der Waals surface area contributed by atoms with E-state index in [9.17, 15) is 8.42 Å². The van der Waals surface area contributed by atoms with Crippen molar-refractivity contribution >= 4 is 26.0 Å². The minimum atomic E-state index is -3.44. The minimum Gasteiger partial charge on any atom is -0.326 e. The fourth-order valence-corrected chi connectivity index (χ4v) is 4.17. The third-order valence-corrected chi connectivity index (χ3v) is 5.78. The van der Waals surface area contributed by atoms with Crippen LogP contribution in [0.3, 0.4) is 0 Å². The third kappa shape index (κ3) is 2.77. The molecular formula is C12H17BrN2O2S. The molecule has 1 aromatic rings. The van der Waals surface area contributed by atoms with Crippen LogP contribution in [0.2, 0.25) is 0 Å². The molecule has 1 aliphatic carbocycles. The van der Waals surface area contributed by atoms with Crippen LogP contribution in [0.15, 0.2) is 21.5 Å². The summed E-state index contributed by atoms with van der Waals surface area (Å²) in [7, 11) is -3.44. The number of benzene rings is 1. The van der Waals surface area contributed by atoms with Crippen molar-refractivity contribution in [3.63, 3.8) is 0 Å². The number of rotatable bonds is 4. The van der Waals surface area contributed by atoms with Crippen molar-refractivity contribution < 1.29 is 8.42 Å². The zero-order valence-electron chi connectivity index (χ0n) is 10.2. The molecule has 1 aliphatic rings. The van der Waals surface area contributed by atoms with E-state index in [0.717, 1.165) is 34.9 Å². The zero-order chi connectivity index (χ0) is 13.3. The van der Waals surface area contributed by atoms with Crippen molar-refractivity contribution in [2.45, 2.75) is 43.7 Å². The van der Waals surface area contributed by atoms with Crippen molar-refractivity contribution in [3.8, 4) is 0 Å². The van der Waals surface area contributed by atoms with Gasteiger partial charge in [0.15, 0.2) is 0 Å². The molecule has 1 aromatic carbocycles. The number of sulfonamides is 1. The highest BCUT2D eigenvalue weighted by molar-refractivity contribution is 9.10. The van der Waals surface area contributed by atoms with E-state index in [1.165, 1.54) is 0 Å². The predicted molar refractivity (Wildman–Crippen MR) is 74.7 cm³/mol. The second-order valence-corrected chi connectivity index (χ2v) is 7.19. The number of hydrogen-bond donors (Lipinski definition) is 2. The number of hydrogen-bond acceptors (Lipinski definition) is 3. The molecule has 0 bridgehead atoms. The Kier molecular flexibility index (Phi) is 4.11. The Morgan fingerprint density at radius 3 is 2.61 bits per heavy atom. The topological polar surface area (TPSA) is 72.2 Å². The van der Waals surface area contributed by atoms with Gasteiger partial charge in [-0.15, -0.1) is 0 Å². The van der Waals surface area contributed by atoms with Crippen LogP contribution in [0.4, 0.5) is 0 Å². The maximum Gasteiger partial charge on any atom is 0.241 e. The highest BCUT2D eigenvalue weighted by atomic mass is 79.9. The summed E-state index contributed by atoms with van der Waals surface area (Å²) >= 11 is 3.38. The molecule has 6 heteroatoms. The molecule has 0 heterocycles. The molecule has 3 N–H and O–H groups in total. The molecule has 1 fully saturated rings. The Hall–Kier alpha value is -0.430. The second-order valence-electron chi connectivity index (χ2n) is 4.65. The van der Waals surface area contributed by atoms with E-state index in [2.05, 4.69) is 20.7 Å². The molecule has 2 rings (SSSR count). The average Bonchev–Trinajstić information content (AvgIpc) is 2.27. The fraction of sp³-hybridized carbons (Fsp3) is 0.500. The Labute approximate surface area is 116 Å². The van der Waals surface area contributed by atoms with Gasteiger partial charge >= 0.3 is 0 Å². The van der Waals surface area contributed by atoms with Crippen LogP contribution in [0, 0.1) is 6.92 Å². The molecule has 18 heavy (non-hydrogen) atoms. The molecule has 0 unspecified atom stereocenters. The van der Waals surface area contributed by atoms with Gasteiger partial charge in [-0.2, -0.15) is 0 Å². The molecule has 0 atom stereocenters. The predicted octanol–water partition coefficient (Wildman–Crippen LogP) is 2.05. The maximum atomic E-state index is 12.3. The van der Waals surface area contributed by atoms with E-state index >= 15 is 0 Å². The van der Waals surface area contributed by atoms with Crippen LogP contribution in [-0.4, -0.2) is 14.5 Å². The first kappa shape index (κ1) is 14.0. The van der Waals surface area contributed by atoms with Crippen LogP contribution < -0.4 is 10.5 Å². The second kappa shape index (κ2) is 5.28. The summed E-state index contributed by atoms with van der Waals surface area (Å²) in [4.78, 5) is 0.323. The minimum absolute atomic E-state index is 0.0923. The number of nitrogens with two attached hydrogens (primary N) is 1. The monoisotopic (exact) mass is 332 g/mol. The van der Waals surface area contributed by atoms with Crippen molar-refractivity contribution in [2.24, 2.45) is 5.73 Å². The summed E-state index contributed by atoms with van der Waals surface area (Å²) in [5.41, 5.74) is 7.11. The van der Waals surface area contributed by atoms with Crippen LogP contribution in [-0.2, 0) is 16.6 Å².